The molecule has 0 N–H and O–H groups in total. The molecule has 8 nitrogen and oxygen atoms in total. The molecule has 214 valence electrons. The Morgan fingerprint density at radius 1 is 0.951 bits per heavy atom. The number of carbonyl (C=O) groups is 1. The predicted octanol–water partition coefficient (Wildman–Crippen LogP) is 5.66. The molecular weight excluding hydrogens is 555 g/mol. The van der Waals surface area contributed by atoms with Crippen LogP contribution in [0.1, 0.15) is 45.1 Å². The van der Waals surface area contributed by atoms with Gasteiger partial charge in [-0.1, -0.05) is 44.2 Å². The molecule has 3 aromatic rings. The van der Waals surface area contributed by atoms with E-state index in [0.29, 0.717) is 41.1 Å². The van der Waals surface area contributed by atoms with Gasteiger partial charge in [0.2, 0.25) is 10.0 Å². The van der Waals surface area contributed by atoms with Gasteiger partial charge in [-0.25, -0.2) is 13.1 Å². The standard InChI is InChI=1S/C31H35N5O3S2/c1-22-9-7-15-34(19-22)31-32-30(37)28(40-31)18-25-21-36(26-12-4-3-5-13-26)33-29(25)24-11-6-14-27(17-24)41(38,39)35-16-8-10-23(2)20-35/h3-6,11-14,17-18,21-23H,7-10,15-16,19-20H2,1-2H3/b28-18-. The number of amidine groups is 1. The molecule has 0 spiro atoms. The van der Waals surface area contributed by atoms with Gasteiger partial charge in [0.05, 0.1) is 15.5 Å². The van der Waals surface area contributed by atoms with Gasteiger partial charge in [0.1, 0.15) is 5.69 Å². The summed E-state index contributed by atoms with van der Waals surface area (Å²) in [6, 6.07) is 16.7. The molecule has 41 heavy (non-hydrogen) atoms. The van der Waals surface area contributed by atoms with Crippen molar-refractivity contribution >= 4 is 38.9 Å². The molecule has 2 fully saturated rings. The minimum Gasteiger partial charge on any atom is -0.351 e. The number of rotatable bonds is 5. The van der Waals surface area contributed by atoms with Crippen LogP contribution in [-0.4, -0.2) is 64.7 Å². The fraction of sp³-hybridized carbons (Fsp3) is 0.387. The Morgan fingerprint density at radius 3 is 2.46 bits per heavy atom. The number of thioether (sulfide) groups is 1. The second-order valence-corrected chi connectivity index (χ2v) is 14.3. The molecule has 3 aliphatic rings. The zero-order valence-corrected chi connectivity index (χ0v) is 25.1. The lowest BCUT2D eigenvalue weighted by Crippen LogP contribution is -2.39. The lowest BCUT2D eigenvalue weighted by molar-refractivity contribution is -0.113. The molecule has 0 radical (unpaired) electrons. The van der Waals surface area contributed by atoms with E-state index in [1.165, 1.54) is 18.2 Å². The number of nitrogens with zero attached hydrogens (tertiary/aromatic N) is 5. The van der Waals surface area contributed by atoms with Gasteiger partial charge in [0.15, 0.2) is 5.17 Å². The fourth-order valence-corrected chi connectivity index (χ4v) is 8.37. The summed E-state index contributed by atoms with van der Waals surface area (Å²) in [6.45, 7) is 7.21. The van der Waals surface area contributed by atoms with Crippen molar-refractivity contribution in [3.05, 3.63) is 71.3 Å². The summed E-state index contributed by atoms with van der Waals surface area (Å²) in [5.74, 6) is 0.656. The van der Waals surface area contributed by atoms with Gasteiger partial charge in [0, 0.05) is 43.5 Å². The molecule has 3 aliphatic heterocycles. The zero-order chi connectivity index (χ0) is 28.6. The van der Waals surface area contributed by atoms with Gasteiger partial charge >= 0.3 is 0 Å². The largest absolute Gasteiger partial charge is 0.351 e. The normalized spacial score (nSPS) is 23.3. The maximum Gasteiger partial charge on any atom is 0.286 e. The molecule has 2 unspecified atom stereocenters. The van der Waals surface area contributed by atoms with Crippen LogP contribution in [0.5, 0.6) is 0 Å². The third kappa shape index (κ3) is 5.91. The number of hydrogen-bond acceptors (Lipinski definition) is 6. The second-order valence-electron chi connectivity index (χ2n) is 11.4. The highest BCUT2D eigenvalue weighted by molar-refractivity contribution is 8.18. The first kappa shape index (κ1) is 27.9. The van der Waals surface area contributed by atoms with E-state index in [0.717, 1.165) is 48.8 Å². The van der Waals surface area contributed by atoms with Gasteiger partial charge < -0.3 is 4.90 Å². The number of hydrogen-bond donors (Lipinski definition) is 0. The smallest absolute Gasteiger partial charge is 0.286 e. The number of aliphatic imine (C=N–C) groups is 1. The van der Waals surface area contributed by atoms with Crippen LogP contribution in [-0.2, 0) is 14.8 Å². The van der Waals surface area contributed by atoms with Crippen LogP contribution in [0.3, 0.4) is 0 Å². The van der Waals surface area contributed by atoms with Gasteiger partial charge in [-0.3, -0.25) is 4.79 Å². The summed E-state index contributed by atoms with van der Waals surface area (Å²) in [5, 5.41) is 5.64. The van der Waals surface area contributed by atoms with Crippen LogP contribution in [0.2, 0.25) is 0 Å². The summed E-state index contributed by atoms with van der Waals surface area (Å²) in [6.07, 6.45) is 7.92. The number of benzene rings is 2. The van der Waals surface area contributed by atoms with Gasteiger partial charge in [-0.05, 0) is 79.6 Å². The second kappa shape index (κ2) is 11.6. The first-order valence-electron chi connectivity index (χ1n) is 14.3. The van der Waals surface area contributed by atoms with Gasteiger partial charge in [0.25, 0.3) is 5.91 Å². The quantitative estimate of drug-likeness (QED) is 0.357. The van der Waals surface area contributed by atoms with Crippen molar-refractivity contribution in [2.24, 2.45) is 16.8 Å². The summed E-state index contributed by atoms with van der Waals surface area (Å²) in [5.41, 5.74) is 2.89. The number of sulfonamides is 1. The minimum absolute atomic E-state index is 0.253. The van der Waals surface area contributed by atoms with E-state index in [1.54, 1.807) is 27.2 Å². The van der Waals surface area contributed by atoms with Gasteiger partial charge in [-0.2, -0.15) is 14.4 Å². The summed E-state index contributed by atoms with van der Waals surface area (Å²) < 4.78 is 30.5. The van der Waals surface area contributed by atoms with E-state index in [9.17, 15) is 13.2 Å². The average molecular weight is 590 g/mol. The Morgan fingerprint density at radius 2 is 1.71 bits per heavy atom. The molecule has 0 bridgehead atoms. The number of aromatic nitrogens is 2. The molecule has 2 saturated heterocycles. The Balaban J connectivity index is 1.36. The average Bonchev–Trinajstić information content (AvgIpc) is 3.57. The summed E-state index contributed by atoms with van der Waals surface area (Å²) in [4.78, 5) is 20.4. The molecule has 6 rings (SSSR count). The van der Waals surface area contributed by atoms with E-state index >= 15 is 0 Å². The molecule has 10 heteroatoms. The van der Waals surface area contributed by atoms with Crippen molar-refractivity contribution in [3.8, 4) is 16.9 Å². The van der Waals surface area contributed by atoms with Crippen LogP contribution in [0, 0.1) is 11.8 Å². The number of carbonyl (C=O) groups excluding carboxylic acids is 1. The molecule has 0 saturated carbocycles. The lowest BCUT2D eigenvalue weighted by Gasteiger charge is -2.31. The van der Waals surface area contributed by atoms with Crippen LogP contribution < -0.4 is 0 Å². The van der Waals surface area contributed by atoms with Crippen molar-refractivity contribution in [1.82, 2.24) is 19.0 Å². The lowest BCUT2D eigenvalue weighted by atomic mass is 10.0. The third-order valence-corrected chi connectivity index (χ3v) is 10.9. The number of amides is 1. The van der Waals surface area contributed by atoms with E-state index < -0.39 is 10.0 Å². The first-order chi connectivity index (χ1) is 19.8. The minimum atomic E-state index is -3.64. The molecule has 2 atom stereocenters. The zero-order valence-electron chi connectivity index (χ0n) is 23.4. The maximum absolute atomic E-state index is 13.6. The van der Waals surface area contributed by atoms with Crippen molar-refractivity contribution in [2.75, 3.05) is 26.2 Å². The number of piperidine rings is 2. The van der Waals surface area contributed by atoms with E-state index in [4.69, 9.17) is 5.10 Å². The first-order valence-corrected chi connectivity index (χ1v) is 16.6. The van der Waals surface area contributed by atoms with Crippen molar-refractivity contribution in [1.29, 1.82) is 0 Å². The SMILES string of the molecule is CC1CCCN(C2=NC(=O)/C(=C/c3cn(-c4ccccc4)nc3-c3cccc(S(=O)(=O)N4CCCC(C)C4)c3)S2)C1. The monoisotopic (exact) mass is 589 g/mol. The Labute approximate surface area is 246 Å². The van der Waals surface area contributed by atoms with Crippen molar-refractivity contribution < 1.29 is 13.2 Å². The summed E-state index contributed by atoms with van der Waals surface area (Å²) >= 11 is 1.41. The molecule has 4 heterocycles. The van der Waals surface area contributed by atoms with Crippen LogP contribution in [0.25, 0.3) is 23.0 Å². The molecule has 0 aliphatic carbocycles. The highest BCUT2D eigenvalue weighted by Crippen LogP contribution is 2.35. The van der Waals surface area contributed by atoms with Crippen LogP contribution >= 0.6 is 11.8 Å². The van der Waals surface area contributed by atoms with Crippen molar-refractivity contribution in [3.63, 3.8) is 0 Å². The van der Waals surface area contributed by atoms with E-state index in [-0.39, 0.29) is 10.8 Å². The van der Waals surface area contributed by atoms with E-state index in [1.807, 2.05) is 48.7 Å². The number of likely N-dealkylation sites (tertiary alicyclic amines) is 1. The Hall–Kier alpha value is -3.21. The van der Waals surface area contributed by atoms with Crippen LogP contribution in [0.15, 0.2) is 75.6 Å². The highest BCUT2D eigenvalue weighted by atomic mass is 32.2. The summed E-state index contributed by atoms with van der Waals surface area (Å²) in [7, 11) is -3.64. The maximum atomic E-state index is 13.6. The van der Waals surface area contributed by atoms with Crippen LogP contribution in [0.4, 0.5) is 0 Å². The van der Waals surface area contributed by atoms with E-state index in [2.05, 4.69) is 23.7 Å². The number of para-hydroxylation sites is 1. The molecule has 1 aromatic heterocycles. The Kier molecular flexibility index (Phi) is 7.89. The molecule has 1 amide bonds. The van der Waals surface area contributed by atoms with Gasteiger partial charge in [-0.15, -0.1) is 0 Å². The topological polar surface area (TPSA) is 87.9 Å². The highest BCUT2D eigenvalue weighted by Gasteiger charge is 2.31. The predicted molar refractivity (Wildman–Crippen MR) is 164 cm³/mol. The van der Waals surface area contributed by atoms with Crippen molar-refractivity contribution in [2.45, 2.75) is 44.4 Å². The molecule has 2 aromatic carbocycles. The third-order valence-electron chi connectivity index (χ3n) is 7.95. The Bertz CT molecular complexity index is 1610. The fourth-order valence-electron chi connectivity index (χ4n) is 5.79. The molecular formula is C31H35N5O3S2.